The Labute approximate surface area is 164 Å². The first-order valence-electron chi connectivity index (χ1n) is 9.03. The average Bonchev–Trinajstić information content (AvgIpc) is 3.22. The highest BCUT2D eigenvalue weighted by Crippen LogP contribution is 2.20. The van der Waals surface area contributed by atoms with Gasteiger partial charge in [0.05, 0.1) is 0 Å². The minimum Gasteiger partial charge on any atom is -0.368 e. The molecule has 2 heterocycles. The van der Waals surface area contributed by atoms with Crippen LogP contribution >= 0.6 is 11.3 Å². The molecule has 0 bridgehead atoms. The van der Waals surface area contributed by atoms with E-state index in [0.29, 0.717) is 13.1 Å². The van der Waals surface area contributed by atoms with Crippen molar-refractivity contribution in [3.05, 3.63) is 47.8 Å². The predicted molar refractivity (Wildman–Crippen MR) is 109 cm³/mol. The van der Waals surface area contributed by atoms with Crippen LogP contribution < -0.4 is 9.62 Å². The second-order valence-electron chi connectivity index (χ2n) is 6.92. The van der Waals surface area contributed by atoms with Crippen molar-refractivity contribution < 1.29 is 13.2 Å². The van der Waals surface area contributed by atoms with Crippen molar-refractivity contribution >= 4 is 33.0 Å². The zero-order valence-corrected chi connectivity index (χ0v) is 17.2. The molecule has 27 heavy (non-hydrogen) atoms. The fourth-order valence-electron chi connectivity index (χ4n) is 3.13. The van der Waals surface area contributed by atoms with Gasteiger partial charge in [0.2, 0.25) is 5.91 Å². The number of carbonyl (C=O) groups is 1. The molecule has 1 aromatic carbocycles. The van der Waals surface area contributed by atoms with E-state index < -0.39 is 16.1 Å². The number of hydrogen-bond acceptors (Lipinski definition) is 5. The SMILES string of the molecule is CC(C)[C@H](NS(=O)(=O)c1cccs1)C(=O)N1CCN(c2ccccc2)CC1. The smallest absolute Gasteiger partial charge is 0.250 e. The van der Waals surface area contributed by atoms with E-state index in [4.69, 9.17) is 0 Å². The molecule has 0 unspecified atom stereocenters. The summed E-state index contributed by atoms with van der Waals surface area (Å²) in [5.41, 5.74) is 1.14. The van der Waals surface area contributed by atoms with E-state index in [1.807, 2.05) is 32.0 Å². The third-order valence-corrected chi connectivity index (χ3v) is 7.53. The number of rotatable bonds is 6. The van der Waals surface area contributed by atoms with Gasteiger partial charge < -0.3 is 9.80 Å². The number of anilines is 1. The maximum absolute atomic E-state index is 13.0. The lowest BCUT2D eigenvalue weighted by Gasteiger charge is -2.38. The quantitative estimate of drug-likeness (QED) is 0.798. The molecule has 146 valence electrons. The summed E-state index contributed by atoms with van der Waals surface area (Å²) in [6, 6.07) is 12.6. The van der Waals surface area contributed by atoms with Crippen LogP contribution in [-0.4, -0.2) is 51.4 Å². The molecular weight excluding hydrogens is 382 g/mol. The van der Waals surface area contributed by atoms with Crippen molar-refractivity contribution in [2.75, 3.05) is 31.1 Å². The summed E-state index contributed by atoms with van der Waals surface area (Å²) in [5.74, 6) is -0.294. The summed E-state index contributed by atoms with van der Waals surface area (Å²) in [5, 5.41) is 1.71. The fourth-order valence-corrected chi connectivity index (χ4v) is 5.48. The summed E-state index contributed by atoms with van der Waals surface area (Å²) >= 11 is 1.15. The van der Waals surface area contributed by atoms with Gasteiger partial charge in [-0.05, 0) is 29.5 Å². The number of carbonyl (C=O) groups excluding carboxylic acids is 1. The van der Waals surface area contributed by atoms with Gasteiger partial charge >= 0.3 is 0 Å². The first-order chi connectivity index (χ1) is 12.9. The van der Waals surface area contributed by atoms with Gasteiger partial charge in [-0.3, -0.25) is 4.79 Å². The van der Waals surface area contributed by atoms with Crippen LogP contribution in [0.15, 0.2) is 52.1 Å². The Morgan fingerprint density at radius 3 is 2.26 bits per heavy atom. The third kappa shape index (κ3) is 4.69. The van der Waals surface area contributed by atoms with Crippen LogP contribution in [-0.2, 0) is 14.8 Å². The molecule has 6 nitrogen and oxygen atoms in total. The van der Waals surface area contributed by atoms with E-state index in [9.17, 15) is 13.2 Å². The summed E-state index contributed by atoms with van der Waals surface area (Å²) in [6.45, 7) is 6.35. The molecule has 2 aromatic rings. The van der Waals surface area contributed by atoms with Gasteiger partial charge in [-0.25, -0.2) is 8.42 Å². The number of hydrogen-bond donors (Lipinski definition) is 1. The van der Waals surface area contributed by atoms with Crippen LogP contribution in [0.3, 0.4) is 0 Å². The lowest BCUT2D eigenvalue weighted by atomic mass is 10.0. The molecule has 1 aromatic heterocycles. The number of amides is 1. The lowest BCUT2D eigenvalue weighted by Crippen LogP contribution is -2.56. The molecular formula is C19H25N3O3S2. The van der Waals surface area contributed by atoms with Gasteiger partial charge in [0, 0.05) is 31.9 Å². The number of benzene rings is 1. The molecule has 8 heteroatoms. The van der Waals surface area contributed by atoms with E-state index >= 15 is 0 Å². The van der Waals surface area contributed by atoms with Crippen LogP contribution in [0.5, 0.6) is 0 Å². The summed E-state index contributed by atoms with van der Waals surface area (Å²) < 4.78 is 27.9. The van der Waals surface area contributed by atoms with E-state index in [0.717, 1.165) is 30.1 Å². The topological polar surface area (TPSA) is 69.7 Å². The van der Waals surface area contributed by atoms with Crippen LogP contribution in [0.2, 0.25) is 0 Å². The molecule has 0 spiro atoms. The molecule has 0 radical (unpaired) electrons. The summed E-state index contributed by atoms with van der Waals surface area (Å²) in [7, 11) is -3.69. The minimum atomic E-state index is -3.69. The maximum atomic E-state index is 13.0. The standard InChI is InChI=1S/C19H25N3O3S2/c1-15(2)18(20-27(24,25)17-9-6-14-26-17)19(23)22-12-10-21(11-13-22)16-7-4-3-5-8-16/h3-9,14-15,18,20H,10-13H2,1-2H3/t18-/m0/s1. The van der Waals surface area contributed by atoms with Gasteiger partial charge in [-0.2, -0.15) is 4.72 Å². The second-order valence-corrected chi connectivity index (χ2v) is 9.81. The van der Waals surface area contributed by atoms with Crippen LogP contribution in [0.1, 0.15) is 13.8 Å². The highest BCUT2D eigenvalue weighted by molar-refractivity contribution is 7.91. The molecule has 1 amide bonds. The molecule has 1 aliphatic rings. The van der Waals surface area contributed by atoms with Gasteiger partial charge in [-0.15, -0.1) is 11.3 Å². The van der Waals surface area contributed by atoms with Crippen molar-refractivity contribution in [3.63, 3.8) is 0 Å². The number of piperazine rings is 1. The average molecular weight is 408 g/mol. The van der Waals surface area contributed by atoms with Crippen LogP contribution in [0.25, 0.3) is 0 Å². The largest absolute Gasteiger partial charge is 0.368 e. The molecule has 0 saturated carbocycles. The Kier molecular flexibility index (Phi) is 6.18. The highest BCUT2D eigenvalue weighted by Gasteiger charge is 2.33. The second kappa shape index (κ2) is 8.41. The molecule has 1 atom stereocenters. The zero-order chi connectivity index (χ0) is 19.4. The first-order valence-corrected chi connectivity index (χ1v) is 11.4. The van der Waals surface area contributed by atoms with Gasteiger partial charge in [0.1, 0.15) is 10.3 Å². The maximum Gasteiger partial charge on any atom is 0.250 e. The van der Waals surface area contributed by atoms with Gasteiger partial charge in [0.25, 0.3) is 10.0 Å². The summed E-state index contributed by atoms with van der Waals surface area (Å²) in [6.07, 6.45) is 0. The normalized spacial score (nSPS) is 16.6. The minimum absolute atomic E-state index is 0.139. The van der Waals surface area contributed by atoms with E-state index in [1.54, 1.807) is 22.4 Å². The molecule has 1 aliphatic heterocycles. The fraction of sp³-hybridized carbons (Fsp3) is 0.421. The highest BCUT2D eigenvalue weighted by atomic mass is 32.2. The van der Waals surface area contributed by atoms with Crippen molar-refractivity contribution in [3.8, 4) is 0 Å². The number of sulfonamides is 1. The molecule has 1 fully saturated rings. The van der Waals surface area contributed by atoms with Crippen LogP contribution in [0.4, 0.5) is 5.69 Å². The Morgan fingerprint density at radius 1 is 1.04 bits per heavy atom. The lowest BCUT2D eigenvalue weighted by molar-refractivity contribution is -0.134. The van der Waals surface area contributed by atoms with E-state index in [1.165, 1.54) is 0 Å². The predicted octanol–water partition coefficient (Wildman–Crippen LogP) is 2.40. The monoisotopic (exact) mass is 407 g/mol. The third-order valence-electron chi connectivity index (χ3n) is 4.69. The van der Waals surface area contributed by atoms with Crippen LogP contribution in [0, 0.1) is 5.92 Å². The Hall–Kier alpha value is -1.90. The first kappa shape index (κ1) is 19.9. The number of para-hydroxylation sites is 1. The Bertz CT molecular complexity index is 844. The van der Waals surface area contributed by atoms with Crippen molar-refractivity contribution in [2.24, 2.45) is 5.92 Å². The number of thiophene rings is 1. The van der Waals surface area contributed by atoms with Gasteiger partial charge in [0.15, 0.2) is 0 Å². The van der Waals surface area contributed by atoms with Crippen molar-refractivity contribution in [2.45, 2.75) is 24.1 Å². The molecule has 0 aliphatic carbocycles. The number of nitrogens with zero attached hydrogens (tertiary/aromatic N) is 2. The number of nitrogens with one attached hydrogen (secondary N) is 1. The zero-order valence-electron chi connectivity index (χ0n) is 15.5. The Morgan fingerprint density at radius 2 is 1.70 bits per heavy atom. The van der Waals surface area contributed by atoms with Crippen molar-refractivity contribution in [1.82, 2.24) is 9.62 Å². The molecule has 3 rings (SSSR count). The summed E-state index contributed by atoms with van der Waals surface area (Å²) in [4.78, 5) is 17.0. The van der Waals surface area contributed by atoms with Crippen molar-refractivity contribution in [1.29, 1.82) is 0 Å². The Balaban J connectivity index is 1.66. The molecule has 1 N–H and O–H groups in total. The van der Waals surface area contributed by atoms with E-state index in [-0.39, 0.29) is 16.0 Å². The van der Waals surface area contributed by atoms with E-state index in [2.05, 4.69) is 21.8 Å². The van der Waals surface area contributed by atoms with Gasteiger partial charge in [-0.1, -0.05) is 38.1 Å². The molecule has 1 saturated heterocycles.